The zero-order chi connectivity index (χ0) is 20.9. The van der Waals surface area contributed by atoms with E-state index in [4.69, 9.17) is 9.47 Å². The summed E-state index contributed by atoms with van der Waals surface area (Å²) < 4.78 is 34.3. The minimum absolute atomic E-state index is 0.214. The van der Waals surface area contributed by atoms with E-state index in [-0.39, 0.29) is 11.3 Å². The molecule has 1 amide bonds. The van der Waals surface area contributed by atoms with Gasteiger partial charge in [-0.15, -0.1) is 0 Å². The number of sulfone groups is 1. The second kappa shape index (κ2) is 8.91. The van der Waals surface area contributed by atoms with Gasteiger partial charge < -0.3 is 14.4 Å². The number of hydrogen-bond donors (Lipinski definition) is 0. The Morgan fingerprint density at radius 2 is 1.76 bits per heavy atom. The fraction of sp³-hybridized carbons (Fsp3) is 0.238. The van der Waals surface area contributed by atoms with Crippen molar-refractivity contribution in [3.8, 4) is 5.75 Å². The molecule has 0 spiro atoms. The Labute approximate surface area is 169 Å². The zero-order valence-electron chi connectivity index (χ0n) is 15.9. The molecule has 0 saturated carbocycles. The third-order valence-corrected chi connectivity index (χ3v) is 5.66. The molecule has 0 saturated heterocycles. The van der Waals surface area contributed by atoms with Gasteiger partial charge >= 0.3 is 5.97 Å². The van der Waals surface area contributed by atoms with Crippen LogP contribution in [0.5, 0.6) is 5.75 Å². The van der Waals surface area contributed by atoms with Gasteiger partial charge in [0.25, 0.3) is 5.91 Å². The summed E-state index contributed by atoms with van der Waals surface area (Å²) in [5.74, 6) is -1.05. The van der Waals surface area contributed by atoms with Gasteiger partial charge in [0.2, 0.25) is 0 Å². The summed E-state index contributed by atoms with van der Waals surface area (Å²) in [5, 5.41) is 1.10. The third kappa shape index (κ3) is 5.03. The van der Waals surface area contributed by atoms with Crippen molar-refractivity contribution >= 4 is 27.4 Å². The molecule has 8 heteroatoms. The number of carbonyl (C=O) groups is 2. The fourth-order valence-corrected chi connectivity index (χ4v) is 4.29. The van der Waals surface area contributed by atoms with Crippen molar-refractivity contribution in [2.75, 3.05) is 23.9 Å². The minimum atomic E-state index is -3.37. The molecule has 0 aromatic heterocycles. The molecule has 0 N–H and O–H groups in total. The largest absolute Gasteiger partial charge is 0.493 e. The molecule has 7 nitrogen and oxygen atoms in total. The van der Waals surface area contributed by atoms with Gasteiger partial charge in [0.15, 0.2) is 16.4 Å². The van der Waals surface area contributed by atoms with Crippen molar-refractivity contribution in [2.24, 2.45) is 0 Å². The lowest BCUT2D eigenvalue weighted by atomic mass is 10.2. The monoisotopic (exact) mass is 415 g/mol. The Bertz CT molecular complexity index is 1020. The maximum atomic E-state index is 12.9. The second-order valence-electron chi connectivity index (χ2n) is 6.33. The van der Waals surface area contributed by atoms with E-state index in [0.717, 1.165) is 5.41 Å². The van der Waals surface area contributed by atoms with Crippen LogP contribution in [0.15, 0.2) is 66.1 Å². The van der Waals surface area contributed by atoms with Crippen LogP contribution in [-0.4, -0.2) is 45.3 Å². The van der Waals surface area contributed by atoms with E-state index < -0.39 is 34.4 Å². The molecule has 1 atom stereocenters. The molecule has 0 unspecified atom stereocenters. The van der Waals surface area contributed by atoms with Crippen LogP contribution in [0.4, 0.5) is 5.69 Å². The van der Waals surface area contributed by atoms with Gasteiger partial charge in [-0.05, 0) is 37.3 Å². The number of benzene rings is 2. The summed E-state index contributed by atoms with van der Waals surface area (Å²) in [5.41, 5.74) is 0.742. The number of nitrogens with zero attached hydrogens (tertiary/aromatic N) is 1. The smallest absolute Gasteiger partial charge is 0.342 e. The highest BCUT2D eigenvalue weighted by Gasteiger charge is 2.32. The summed E-state index contributed by atoms with van der Waals surface area (Å²) in [6.45, 7) is 1.65. The van der Waals surface area contributed by atoms with E-state index in [2.05, 4.69) is 0 Å². The zero-order valence-corrected chi connectivity index (χ0v) is 16.7. The second-order valence-corrected chi connectivity index (χ2v) is 8.26. The van der Waals surface area contributed by atoms with Crippen LogP contribution in [-0.2, 0) is 19.4 Å². The number of anilines is 1. The van der Waals surface area contributed by atoms with Gasteiger partial charge in [-0.1, -0.05) is 30.3 Å². The summed E-state index contributed by atoms with van der Waals surface area (Å²) in [7, 11) is -3.37. The molecule has 2 aromatic carbocycles. The van der Waals surface area contributed by atoms with E-state index in [1.165, 1.54) is 11.0 Å². The fourth-order valence-electron chi connectivity index (χ4n) is 3.02. The lowest BCUT2D eigenvalue weighted by molar-refractivity contribution is -0.121. The van der Waals surface area contributed by atoms with E-state index in [9.17, 15) is 18.0 Å². The molecule has 152 valence electrons. The normalized spacial score (nSPS) is 16.9. The van der Waals surface area contributed by atoms with Crippen LogP contribution < -0.4 is 9.64 Å². The quantitative estimate of drug-likeness (QED) is 0.646. The predicted molar refractivity (Wildman–Crippen MR) is 109 cm³/mol. The number of ether oxygens (including phenoxy) is 2. The highest BCUT2D eigenvalue weighted by Crippen LogP contribution is 2.23. The van der Waals surface area contributed by atoms with Gasteiger partial charge in [0, 0.05) is 11.1 Å². The van der Waals surface area contributed by atoms with Gasteiger partial charge in [-0.2, -0.15) is 0 Å². The maximum Gasteiger partial charge on any atom is 0.342 e. The number of rotatable bonds is 7. The lowest BCUT2D eigenvalue weighted by Crippen LogP contribution is -2.43. The van der Waals surface area contributed by atoms with E-state index in [1.54, 1.807) is 61.5 Å². The highest BCUT2D eigenvalue weighted by molar-refractivity contribution is 7.94. The van der Waals surface area contributed by atoms with Crippen molar-refractivity contribution in [3.05, 3.63) is 71.6 Å². The molecule has 3 rings (SSSR count). The first-order valence-corrected chi connectivity index (χ1v) is 10.8. The molecule has 29 heavy (non-hydrogen) atoms. The first-order valence-electron chi connectivity index (χ1n) is 9.08. The molecule has 0 radical (unpaired) electrons. The lowest BCUT2D eigenvalue weighted by Gasteiger charge is -2.27. The van der Waals surface area contributed by atoms with Crippen molar-refractivity contribution in [1.29, 1.82) is 0 Å². The SMILES string of the molecule is CCOc1ccccc1C(=O)OCC(=O)N(c1ccccc1)[C@@H]1C=CS(=O)(=O)C1. The van der Waals surface area contributed by atoms with Crippen molar-refractivity contribution in [2.45, 2.75) is 13.0 Å². The van der Waals surface area contributed by atoms with Gasteiger partial charge in [0.05, 0.1) is 18.4 Å². The predicted octanol–water partition coefficient (Wildman–Crippen LogP) is 2.59. The number of esters is 1. The average molecular weight is 415 g/mol. The highest BCUT2D eigenvalue weighted by atomic mass is 32.2. The summed E-state index contributed by atoms with van der Waals surface area (Å²) in [6, 6.07) is 14.6. The van der Waals surface area contributed by atoms with Crippen LogP contribution >= 0.6 is 0 Å². The van der Waals surface area contributed by atoms with E-state index in [0.29, 0.717) is 18.0 Å². The number of carbonyl (C=O) groups excluding carboxylic acids is 2. The van der Waals surface area contributed by atoms with Crippen molar-refractivity contribution in [3.63, 3.8) is 0 Å². The molecule has 0 bridgehead atoms. The Hall–Kier alpha value is -3.13. The number of hydrogen-bond acceptors (Lipinski definition) is 6. The molecule has 1 aliphatic heterocycles. The van der Waals surface area contributed by atoms with Crippen LogP contribution in [0.3, 0.4) is 0 Å². The Kier molecular flexibility index (Phi) is 6.33. The van der Waals surface area contributed by atoms with Crippen molar-refractivity contribution < 1.29 is 27.5 Å². The number of amides is 1. The Balaban J connectivity index is 1.76. The molecular weight excluding hydrogens is 394 g/mol. The Morgan fingerprint density at radius 3 is 2.41 bits per heavy atom. The molecule has 1 heterocycles. The average Bonchev–Trinajstić information content (AvgIpc) is 3.07. The topological polar surface area (TPSA) is 90.0 Å². The standard InChI is InChI=1S/C21H21NO6S/c1-2-27-19-11-7-6-10-18(19)21(24)28-14-20(23)22(16-8-4-3-5-9-16)17-12-13-29(25,26)15-17/h3-13,17H,2,14-15H2,1H3/t17-/m1/s1. The van der Waals surface area contributed by atoms with Crippen LogP contribution in [0, 0.1) is 0 Å². The van der Waals surface area contributed by atoms with Gasteiger partial charge in [0.1, 0.15) is 11.3 Å². The van der Waals surface area contributed by atoms with Gasteiger partial charge in [-0.3, -0.25) is 4.79 Å². The molecule has 0 fully saturated rings. The molecule has 2 aromatic rings. The third-order valence-electron chi connectivity index (χ3n) is 4.28. The maximum absolute atomic E-state index is 12.9. The van der Waals surface area contributed by atoms with Crippen molar-refractivity contribution in [1.82, 2.24) is 0 Å². The molecule has 1 aliphatic rings. The van der Waals surface area contributed by atoms with E-state index in [1.807, 2.05) is 0 Å². The molecular formula is C21H21NO6S. The van der Waals surface area contributed by atoms with E-state index >= 15 is 0 Å². The number of para-hydroxylation sites is 2. The summed E-state index contributed by atoms with van der Waals surface area (Å²) >= 11 is 0. The summed E-state index contributed by atoms with van der Waals surface area (Å²) in [6.07, 6.45) is 1.46. The van der Waals surface area contributed by atoms with Crippen LogP contribution in [0.2, 0.25) is 0 Å². The van der Waals surface area contributed by atoms with Crippen LogP contribution in [0.1, 0.15) is 17.3 Å². The summed E-state index contributed by atoms with van der Waals surface area (Å²) in [4.78, 5) is 26.7. The minimum Gasteiger partial charge on any atom is -0.493 e. The van der Waals surface area contributed by atoms with Gasteiger partial charge in [-0.25, -0.2) is 13.2 Å². The Morgan fingerprint density at radius 1 is 1.07 bits per heavy atom. The van der Waals surface area contributed by atoms with Crippen LogP contribution in [0.25, 0.3) is 0 Å². The first-order chi connectivity index (χ1) is 13.9. The molecule has 0 aliphatic carbocycles. The first kappa shape index (κ1) is 20.6.